The highest BCUT2D eigenvalue weighted by Gasteiger charge is 2.59. The molecular formula is C53H92O7. The van der Waals surface area contributed by atoms with Crippen LogP contribution < -0.4 is 0 Å². The standard InChI is InChI=1S/C53H92O7/c1-8-10-11-12-13-14-15-16-17-18-19-20-21-22-23-24-47(54)58-36-46-48(55)49(56)50(57)51(60-46)59-41-31-33-52(6)40(35-41)27-28-42-44-30-29-43(53(44,7)34-32-45(42)52)38(5)25-26-39(9-2)37(3)4/h16-17,27,37-39,41-46,48-51,55-57H,8-15,18-26,28-36H2,1-7H3/b17-16-/t38-,39-,41+,42?,43-,44?,45?,46-,48-,49+,50-,51-,52+,53-/m1/s1. The van der Waals surface area contributed by atoms with Crippen LogP contribution in [0, 0.1) is 52.3 Å². The molecule has 0 amide bonds. The molecule has 1 heterocycles. The maximum atomic E-state index is 12.6. The number of unbranched alkanes of at least 4 members (excludes halogenated alkanes) is 11. The van der Waals surface area contributed by atoms with E-state index in [1.165, 1.54) is 102 Å². The molecule has 14 atom stereocenters. The summed E-state index contributed by atoms with van der Waals surface area (Å²) in [5.41, 5.74) is 2.12. The minimum Gasteiger partial charge on any atom is -0.463 e. The molecule has 7 nitrogen and oxygen atoms in total. The number of carbonyl (C=O) groups excluding carboxylic acids is 1. The zero-order valence-corrected chi connectivity index (χ0v) is 39.6. The molecule has 1 saturated heterocycles. The highest BCUT2D eigenvalue weighted by molar-refractivity contribution is 5.69. The highest BCUT2D eigenvalue weighted by Crippen LogP contribution is 2.67. The highest BCUT2D eigenvalue weighted by atomic mass is 16.7. The third-order valence-corrected chi connectivity index (χ3v) is 17.3. The van der Waals surface area contributed by atoms with E-state index in [1.54, 1.807) is 0 Å². The van der Waals surface area contributed by atoms with Crippen LogP contribution in [0.2, 0.25) is 0 Å². The van der Waals surface area contributed by atoms with Crippen molar-refractivity contribution in [2.75, 3.05) is 6.61 Å². The first kappa shape index (κ1) is 49.8. The Morgan fingerprint density at radius 1 is 0.817 bits per heavy atom. The van der Waals surface area contributed by atoms with E-state index in [9.17, 15) is 20.1 Å². The maximum absolute atomic E-state index is 12.6. The van der Waals surface area contributed by atoms with Crippen molar-refractivity contribution < 1.29 is 34.3 Å². The molecule has 0 spiro atoms. The lowest BCUT2D eigenvalue weighted by Crippen LogP contribution is -2.60. The van der Waals surface area contributed by atoms with Crippen molar-refractivity contribution in [2.24, 2.45) is 52.3 Å². The summed E-state index contributed by atoms with van der Waals surface area (Å²) in [6.07, 6.45) is 30.1. The molecule has 3 unspecified atom stereocenters. The van der Waals surface area contributed by atoms with Gasteiger partial charge in [-0.2, -0.15) is 0 Å². The van der Waals surface area contributed by atoms with E-state index in [1.807, 2.05) is 0 Å². The van der Waals surface area contributed by atoms with E-state index in [4.69, 9.17) is 14.2 Å². The van der Waals surface area contributed by atoms with Crippen molar-refractivity contribution in [1.82, 2.24) is 0 Å². The van der Waals surface area contributed by atoms with E-state index in [0.717, 1.165) is 93.3 Å². The molecule has 0 aromatic carbocycles. The lowest BCUT2D eigenvalue weighted by atomic mass is 9.47. The van der Waals surface area contributed by atoms with Gasteiger partial charge >= 0.3 is 5.97 Å². The molecular weight excluding hydrogens is 749 g/mol. The monoisotopic (exact) mass is 841 g/mol. The fraction of sp³-hybridized carbons (Fsp3) is 0.906. The summed E-state index contributed by atoms with van der Waals surface area (Å²) in [6, 6.07) is 0. The molecule has 0 aromatic heterocycles. The van der Waals surface area contributed by atoms with Gasteiger partial charge in [-0.1, -0.05) is 136 Å². The van der Waals surface area contributed by atoms with Crippen molar-refractivity contribution in [3.63, 3.8) is 0 Å². The van der Waals surface area contributed by atoms with Gasteiger partial charge in [-0.3, -0.25) is 4.79 Å². The average Bonchev–Trinajstić information content (AvgIpc) is 3.59. The SMILES string of the molecule is CCCCCCCC/C=C\CCCCCCCC(=O)OC[C@H]1O[C@@H](O[C@H]2CC[C@@]3(C)C(=CCC4C3CC[C@@]3(C)C4CC[C@@H]3[C@H](C)CC[C@@H](CC)C(C)C)C2)[C@H](O)[C@@H](O)[C@@H]1O. The molecule has 346 valence electrons. The van der Waals surface area contributed by atoms with E-state index in [-0.39, 0.29) is 24.1 Å². The fourth-order valence-corrected chi connectivity index (χ4v) is 13.3. The number of esters is 1. The van der Waals surface area contributed by atoms with Gasteiger partial charge in [-0.15, -0.1) is 0 Å². The van der Waals surface area contributed by atoms with E-state index < -0.39 is 30.7 Å². The Kier molecular flexibility index (Phi) is 20.0. The Hall–Kier alpha value is -1.25. The molecule has 5 aliphatic rings. The fourth-order valence-electron chi connectivity index (χ4n) is 13.3. The van der Waals surface area contributed by atoms with Gasteiger partial charge in [0.15, 0.2) is 6.29 Å². The van der Waals surface area contributed by atoms with Crippen LogP contribution in [-0.2, 0) is 19.0 Å². The number of rotatable bonds is 25. The zero-order chi connectivity index (χ0) is 43.3. The first-order chi connectivity index (χ1) is 28.8. The molecule has 0 bridgehead atoms. The lowest BCUT2D eigenvalue weighted by Gasteiger charge is -2.58. The molecule has 60 heavy (non-hydrogen) atoms. The summed E-state index contributed by atoms with van der Waals surface area (Å²) in [5, 5.41) is 32.5. The van der Waals surface area contributed by atoms with E-state index >= 15 is 0 Å². The Balaban J connectivity index is 1.02. The predicted octanol–water partition coefficient (Wildman–Crippen LogP) is 12.4. The Bertz CT molecular complexity index is 1330. The number of aliphatic hydroxyl groups excluding tert-OH is 3. The van der Waals surface area contributed by atoms with Gasteiger partial charge in [-0.25, -0.2) is 0 Å². The summed E-state index contributed by atoms with van der Waals surface area (Å²) < 4.78 is 18.0. The number of hydrogen-bond acceptors (Lipinski definition) is 7. The number of ether oxygens (including phenoxy) is 3. The Morgan fingerprint density at radius 2 is 1.50 bits per heavy atom. The average molecular weight is 841 g/mol. The van der Waals surface area contributed by atoms with Gasteiger partial charge in [0.05, 0.1) is 6.10 Å². The molecule has 3 saturated carbocycles. The molecule has 3 N–H and O–H groups in total. The Morgan fingerprint density at radius 3 is 2.18 bits per heavy atom. The van der Waals surface area contributed by atoms with Crippen LogP contribution in [0.15, 0.2) is 23.8 Å². The van der Waals surface area contributed by atoms with Gasteiger partial charge in [-0.05, 0) is 142 Å². The first-order valence-electron chi connectivity index (χ1n) is 25.7. The van der Waals surface area contributed by atoms with E-state index in [2.05, 4.69) is 66.7 Å². The summed E-state index contributed by atoms with van der Waals surface area (Å²) in [5.74, 6) is 5.21. The molecule has 5 rings (SSSR count). The molecule has 0 aromatic rings. The normalized spacial score (nSPS) is 36.4. The first-order valence-corrected chi connectivity index (χ1v) is 25.7. The third kappa shape index (κ3) is 12.7. The van der Waals surface area contributed by atoms with Crippen LogP contribution in [0.3, 0.4) is 0 Å². The van der Waals surface area contributed by atoms with Crippen molar-refractivity contribution >= 4 is 5.97 Å². The van der Waals surface area contributed by atoms with Gasteiger partial charge in [0.2, 0.25) is 0 Å². The van der Waals surface area contributed by atoms with Gasteiger partial charge < -0.3 is 29.5 Å². The van der Waals surface area contributed by atoms with Gasteiger partial charge in [0.25, 0.3) is 0 Å². The summed E-state index contributed by atoms with van der Waals surface area (Å²) in [4.78, 5) is 12.6. The number of fused-ring (bicyclic) bond motifs is 5. The number of allylic oxidation sites excluding steroid dienone is 3. The molecule has 4 fully saturated rings. The summed E-state index contributed by atoms with van der Waals surface area (Å²) >= 11 is 0. The molecule has 4 aliphatic carbocycles. The second kappa shape index (κ2) is 24.2. The minimum absolute atomic E-state index is 0.143. The maximum Gasteiger partial charge on any atom is 0.305 e. The van der Waals surface area contributed by atoms with Gasteiger partial charge in [0.1, 0.15) is 31.0 Å². The van der Waals surface area contributed by atoms with Crippen molar-refractivity contribution in [3.05, 3.63) is 23.8 Å². The number of hydrogen-bond donors (Lipinski definition) is 3. The minimum atomic E-state index is -1.45. The van der Waals surface area contributed by atoms with Crippen LogP contribution >= 0.6 is 0 Å². The summed E-state index contributed by atoms with van der Waals surface area (Å²) in [7, 11) is 0. The van der Waals surface area contributed by atoms with Crippen LogP contribution in [0.25, 0.3) is 0 Å². The molecule has 0 radical (unpaired) electrons. The van der Waals surface area contributed by atoms with Crippen molar-refractivity contribution in [2.45, 2.75) is 246 Å². The predicted molar refractivity (Wildman–Crippen MR) is 244 cm³/mol. The topological polar surface area (TPSA) is 105 Å². The largest absolute Gasteiger partial charge is 0.463 e. The second-order valence-electron chi connectivity index (χ2n) is 21.5. The molecule has 1 aliphatic heterocycles. The van der Waals surface area contributed by atoms with E-state index in [0.29, 0.717) is 17.8 Å². The van der Waals surface area contributed by atoms with Crippen molar-refractivity contribution in [3.8, 4) is 0 Å². The number of carbonyl (C=O) groups is 1. The summed E-state index contributed by atoms with van der Waals surface area (Å²) in [6.45, 7) is 17.0. The smallest absolute Gasteiger partial charge is 0.305 e. The van der Waals surface area contributed by atoms with Crippen LogP contribution in [-0.4, -0.2) is 64.7 Å². The van der Waals surface area contributed by atoms with Crippen LogP contribution in [0.5, 0.6) is 0 Å². The zero-order valence-electron chi connectivity index (χ0n) is 39.6. The quantitative estimate of drug-likeness (QED) is 0.0477. The Labute approximate surface area is 367 Å². The lowest BCUT2D eigenvalue weighted by molar-refractivity contribution is -0.313. The van der Waals surface area contributed by atoms with Gasteiger partial charge in [0, 0.05) is 6.42 Å². The second-order valence-corrected chi connectivity index (χ2v) is 21.5. The molecule has 7 heteroatoms. The van der Waals surface area contributed by atoms with Crippen LogP contribution in [0.1, 0.15) is 209 Å². The van der Waals surface area contributed by atoms with Crippen LogP contribution in [0.4, 0.5) is 0 Å². The number of aliphatic hydroxyl groups is 3. The third-order valence-electron chi connectivity index (χ3n) is 17.3. The van der Waals surface area contributed by atoms with Crippen molar-refractivity contribution in [1.29, 1.82) is 0 Å².